The maximum atomic E-state index is 12.1. The number of likely N-dealkylation sites (tertiary alicyclic amines) is 1. The lowest BCUT2D eigenvalue weighted by atomic mass is 9.94. The summed E-state index contributed by atoms with van der Waals surface area (Å²) < 4.78 is 2.60. The van der Waals surface area contributed by atoms with E-state index in [1.165, 1.54) is 17.7 Å². The number of nitrogens with one attached hydrogen (secondary N) is 1. The van der Waals surface area contributed by atoms with Crippen molar-refractivity contribution >= 4 is 5.91 Å². The van der Waals surface area contributed by atoms with Gasteiger partial charge in [-0.15, -0.1) is 0 Å². The van der Waals surface area contributed by atoms with Crippen LogP contribution < -0.4 is 17.0 Å². The standard InChI is InChI=1S/C16H22N6O3/c1-20-11(6-14(23)21(2)16(20)25)9-22-5-3-4-10(8-22)12-7-13(15(17)24)19-18-12/h6-7,10H,3-5,8-9H2,1-2H3,(H2,17,24)(H,18,19)/t10-/m1/s1. The van der Waals surface area contributed by atoms with Crippen LogP contribution >= 0.6 is 0 Å². The highest BCUT2D eigenvalue weighted by molar-refractivity contribution is 5.90. The molecule has 0 unspecified atom stereocenters. The van der Waals surface area contributed by atoms with E-state index in [2.05, 4.69) is 15.1 Å². The third-order valence-electron chi connectivity index (χ3n) is 4.81. The van der Waals surface area contributed by atoms with Crippen molar-refractivity contribution in [1.29, 1.82) is 0 Å². The zero-order valence-electron chi connectivity index (χ0n) is 14.4. The number of hydrogen-bond donors (Lipinski definition) is 2. The largest absolute Gasteiger partial charge is 0.364 e. The van der Waals surface area contributed by atoms with Crippen LogP contribution in [0, 0.1) is 0 Å². The number of carbonyl (C=O) groups excluding carboxylic acids is 1. The number of amides is 1. The molecular formula is C16H22N6O3. The van der Waals surface area contributed by atoms with Gasteiger partial charge >= 0.3 is 5.69 Å². The molecule has 3 N–H and O–H groups in total. The normalized spacial score (nSPS) is 18.4. The Kier molecular flexibility index (Phi) is 4.58. The Balaban J connectivity index is 1.77. The Hall–Kier alpha value is -2.68. The molecule has 9 nitrogen and oxygen atoms in total. The van der Waals surface area contributed by atoms with Crippen molar-refractivity contribution in [3.05, 3.63) is 50.1 Å². The van der Waals surface area contributed by atoms with E-state index in [1.54, 1.807) is 13.1 Å². The van der Waals surface area contributed by atoms with Crippen molar-refractivity contribution in [2.24, 2.45) is 19.8 Å². The molecule has 0 aromatic carbocycles. The zero-order valence-corrected chi connectivity index (χ0v) is 14.4. The molecule has 3 heterocycles. The Morgan fingerprint density at radius 1 is 1.32 bits per heavy atom. The van der Waals surface area contributed by atoms with Gasteiger partial charge in [-0.3, -0.25) is 28.7 Å². The molecule has 3 rings (SSSR count). The predicted molar refractivity (Wildman–Crippen MR) is 91.3 cm³/mol. The minimum Gasteiger partial charge on any atom is -0.364 e. The average Bonchev–Trinajstić information content (AvgIpc) is 3.08. The summed E-state index contributed by atoms with van der Waals surface area (Å²) in [6, 6.07) is 3.21. The summed E-state index contributed by atoms with van der Waals surface area (Å²) in [5.41, 5.74) is 6.44. The van der Waals surface area contributed by atoms with Crippen molar-refractivity contribution in [2.75, 3.05) is 13.1 Å². The predicted octanol–water partition coefficient (Wildman–Crippen LogP) is -0.714. The fraction of sp³-hybridized carbons (Fsp3) is 0.500. The lowest BCUT2D eigenvalue weighted by molar-refractivity contribution is 0.0995. The van der Waals surface area contributed by atoms with Gasteiger partial charge in [0.15, 0.2) is 0 Å². The third-order valence-corrected chi connectivity index (χ3v) is 4.81. The summed E-state index contributed by atoms with van der Waals surface area (Å²) in [4.78, 5) is 37.3. The Morgan fingerprint density at radius 2 is 2.08 bits per heavy atom. The van der Waals surface area contributed by atoms with Gasteiger partial charge in [-0.05, 0) is 25.5 Å². The number of hydrogen-bond acceptors (Lipinski definition) is 5. The van der Waals surface area contributed by atoms with E-state index < -0.39 is 5.91 Å². The van der Waals surface area contributed by atoms with Crippen LogP contribution in [0.4, 0.5) is 0 Å². The van der Waals surface area contributed by atoms with Crippen molar-refractivity contribution in [3.63, 3.8) is 0 Å². The molecule has 1 amide bonds. The molecule has 134 valence electrons. The van der Waals surface area contributed by atoms with Crippen molar-refractivity contribution in [1.82, 2.24) is 24.2 Å². The van der Waals surface area contributed by atoms with Gasteiger partial charge in [0.25, 0.3) is 11.5 Å². The summed E-state index contributed by atoms with van der Waals surface area (Å²) in [7, 11) is 3.15. The lowest BCUT2D eigenvalue weighted by Crippen LogP contribution is -2.41. The molecule has 0 spiro atoms. The molecular weight excluding hydrogens is 324 g/mol. The summed E-state index contributed by atoms with van der Waals surface area (Å²) in [5.74, 6) is -0.344. The van der Waals surface area contributed by atoms with Gasteiger partial charge in [0.2, 0.25) is 0 Å². The first kappa shape index (κ1) is 17.2. The maximum absolute atomic E-state index is 12.1. The summed E-state index contributed by atoms with van der Waals surface area (Å²) in [6.07, 6.45) is 1.96. The number of piperidine rings is 1. The summed E-state index contributed by atoms with van der Waals surface area (Å²) in [5, 5.41) is 6.83. The van der Waals surface area contributed by atoms with Crippen LogP contribution in [-0.2, 0) is 20.6 Å². The highest BCUT2D eigenvalue weighted by atomic mass is 16.2. The Bertz CT molecular complexity index is 909. The van der Waals surface area contributed by atoms with Gasteiger partial charge in [-0.25, -0.2) is 4.79 Å². The molecule has 1 aliphatic rings. The molecule has 2 aromatic heterocycles. The minimum atomic E-state index is -0.551. The van der Waals surface area contributed by atoms with E-state index in [0.29, 0.717) is 12.2 Å². The van der Waals surface area contributed by atoms with Crippen LogP contribution in [0.2, 0.25) is 0 Å². The van der Waals surface area contributed by atoms with E-state index in [0.717, 1.165) is 36.2 Å². The van der Waals surface area contributed by atoms with Gasteiger partial charge in [-0.2, -0.15) is 5.10 Å². The van der Waals surface area contributed by atoms with E-state index >= 15 is 0 Å². The molecule has 0 aliphatic carbocycles. The number of aromatic nitrogens is 4. The quantitative estimate of drug-likeness (QED) is 0.758. The van der Waals surface area contributed by atoms with Gasteiger partial charge in [-0.1, -0.05) is 0 Å². The number of primary amides is 1. The van der Waals surface area contributed by atoms with E-state index in [1.807, 2.05) is 0 Å². The second-order valence-electron chi connectivity index (χ2n) is 6.52. The first-order valence-corrected chi connectivity index (χ1v) is 8.20. The second-order valence-corrected chi connectivity index (χ2v) is 6.52. The zero-order chi connectivity index (χ0) is 18.1. The highest BCUT2D eigenvalue weighted by Crippen LogP contribution is 2.26. The van der Waals surface area contributed by atoms with Crippen LogP contribution in [0.5, 0.6) is 0 Å². The summed E-state index contributed by atoms with van der Waals surface area (Å²) >= 11 is 0. The Morgan fingerprint density at radius 3 is 2.76 bits per heavy atom. The van der Waals surface area contributed by atoms with Gasteiger partial charge < -0.3 is 5.73 Å². The van der Waals surface area contributed by atoms with Crippen LogP contribution in [0.15, 0.2) is 21.7 Å². The molecule has 1 atom stereocenters. The molecule has 9 heteroatoms. The van der Waals surface area contributed by atoms with Gasteiger partial charge in [0, 0.05) is 50.6 Å². The average molecular weight is 346 g/mol. The van der Waals surface area contributed by atoms with E-state index in [4.69, 9.17) is 5.73 Å². The first-order valence-electron chi connectivity index (χ1n) is 8.20. The van der Waals surface area contributed by atoms with Crippen LogP contribution in [0.3, 0.4) is 0 Å². The maximum Gasteiger partial charge on any atom is 0.330 e. The number of rotatable bonds is 4. The molecule has 0 saturated carbocycles. The number of nitrogens with two attached hydrogens (primary N) is 1. The highest BCUT2D eigenvalue weighted by Gasteiger charge is 2.24. The molecule has 0 radical (unpaired) electrons. The van der Waals surface area contributed by atoms with Gasteiger partial charge in [0.05, 0.1) is 0 Å². The van der Waals surface area contributed by atoms with Crippen LogP contribution in [0.25, 0.3) is 0 Å². The Labute approximate surface area is 144 Å². The fourth-order valence-electron chi connectivity index (χ4n) is 3.28. The van der Waals surface area contributed by atoms with E-state index in [-0.39, 0.29) is 22.9 Å². The number of nitrogens with zero attached hydrogens (tertiary/aromatic N) is 4. The fourth-order valence-corrected chi connectivity index (χ4v) is 3.28. The SMILES string of the molecule is Cn1c(CN2CCC[C@@H](c3cc(C(N)=O)n[nH]3)C2)cc(=O)n(C)c1=O. The molecule has 1 saturated heterocycles. The number of carbonyl (C=O) groups is 1. The molecule has 25 heavy (non-hydrogen) atoms. The van der Waals surface area contributed by atoms with Crippen LogP contribution in [0.1, 0.15) is 40.6 Å². The third kappa shape index (κ3) is 3.41. The second kappa shape index (κ2) is 6.67. The minimum absolute atomic E-state index is 0.206. The topological polar surface area (TPSA) is 119 Å². The number of H-pyrrole nitrogens is 1. The first-order chi connectivity index (χ1) is 11.9. The van der Waals surface area contributed by atoms with Crippen molar-refractivity contribution in [2.45, 2.75) is 25.3 Å². The van der Waals surface area contributed by atoms with Gasteiger partial charge in [0.1, 0.15) is 5.69 Å². The lowest BCUT2D eigenvalue weighted by Gasteiger charge is -2.32. The molecule has 1 aliphatic heterocycles. The van der Waals surface area contributed by atoms with Crippen molar-refractivity contribution in [3.8, 4) is 0 Å². The molecule has 0 bridgehead atoms. The number of aromatic amines is 1. The van der Waals surface area contributed by atoms with E-state index in [9.17, 15) is 14.4 Å². The van der Waals surface area contributed by atoms with Crippen molar-refractivity contribution < 1.29 is 4.79 Å². The van der Waals surface area contributed by atoms with Crippen LogP contribution in [-0.4, -0.2) is 43.2 Å². The molecule has 2 aromatic rings. The monoisotopic (exact) mass is 346 g/mol. The molecule has 1 fully saturated rings. The summed E-state index contributed by atoms with van der Waals surface area (Å²) in [6.45, 7) is 2.16. The smallest absolute Gasteiger partial charge is 0.330 e.